The van der Waals surface area contributed by atoms with E-state index in [1.807, 2.05) is 44.2 Å². The number of anilines is 1. The van der Waals surface area contributed by atoms with Gasteiger partial charge in [0.25, 0.3) is 5.91 Å². The summed E-state index contributed by atoms with van der Waals surface area (Å²) in [5, 5.41) is 17.5. The summed E-state index contributed by atoms with van der Waals surface area (Å²) in [5.41, 5.74) is 2.01. The van der Waals surface area contributed by atoms with Crippen molar-refractivity contribution in [3.05, 3.63) is 59.7 Å². The number of benzene rings is 2. The molecule has 2 saturated carbocycles. The molecule has 5 atom stereocenters. The molecule has 8 nitrogen and oxygen atoms in total. The number of aliphatic hydroxyl groups is 1. The van der Waals surface area contributed by atoms with Gasteiger partial charge in [0.05, 0.1) is 18.2 Å². The highest BCUT2D eigenvalue weighted by atomic mass is 16.5. The summed E-state index contributed by atoms with van der Waals surface area (Å²) in [6.07, 6.45) is 6.93. The van der Waals surface area contributed by atoms with Crippen molar-refractivity contribution in [3.63, 3.8) is 0 Å². The van der Waals surface area contributed by atoms with Gasteiger partial charge in [-0.3, -0.25) is 14.4 Å². The summed E-state index contributed by atoms with van der Waals surface area (Å²) in [6, 6.07) is 14.7. The van der Waals surface area contributed by atoms with Gasteiger partial charge in [-0.15, -0.1) is 0 Å². The van der Waals surface area contributed by atoms with Crippen molar-refractivity contribution in [3.8, 4) is 5.75 Å². The molecule has 3 fully saturated rings. The van der Waals surface area contributed by atoms with Crippen LogP contribution in [0.4, 0.5) is 5.69 Å². The van der Waals surface area contributed by atoms with Gasteiger partial charge in [-0.05, 0) is 88.3 Å². The van der Waals surface area contributed by atoms with Crippen LogP contribution < -0.4 is 20.3 Å². The van der Waals surface area contributed by atoms with Gasteiger partial charge in [0, 0.05) is 42.7 Å². The average molecular weight is 576 g/mol. The van der Waals surface area contributed by atoms with Crippen LogP contribution in [0.2, 0.25) is 0 Å². The molecule has 226 valence electrons. The van der Waals surface area contributed by atoms with Crippen LogP contribution >= 0.6 is 0 Å². The predicted molar refractivity (Wildman–Crippen MR) is 162 cm³/mol. The Morgan fingerprint density at radius 1 is 1.10 bits per heavy atom. The van der Waals surface area contributed by atoms with Crippen LogP contribution in [0.5, 0.6) is 5.75 Å². The minimum absolute atomic E-state index is 0.0323. The lowest BCUT2D eigenvalue weighted by atomic mass is 9.95. The second-order valence-corrected chi connectivity index (χ2v) is 12.6. The van der Waals surface area contributed by atoms with Crippen molar-refractivity contribution in [1.29, 1.82) is 0 Å². The van der Waals surface area contributed by atoms with E-state index in [0.717, 1.165) is 24.3 Å². The van der Waals surface area contributed by atoms with Crippen molar-refractivity contribution < 1.29 is 24.2 Å². The highest BCUT2D eigenvalue weighted by Gasteiger charge is 2.40. The van der Waals surface area contributed by atoms with E-state index in [9.17, 15) is 19.5 Å². The Hall–Kier alpha value is -3.39. The van der Waals surface area contributed by atoms with Gasteiger partial charge in [-0.2, -0.15) is 0 Å². The molecule has 0 spiro atoms. The lowest BCUT2D eigenvalue weighted by Crippen LogP contribution is -2.45. The van der Waals surface area contributed by atoms with Crippen molar-refractivity contribution in [1.82, 2.24) is 10.6 Å². The van der Waals surface area contributed by atoms with Gasteiger partial charge in [-0.1, -0.05) is 36.8 Å². The van der Waals surface area contributed by atoms with Crippen molar-refractivity contribution in [2.24, 2.45) is 11.8 Å². The van der Waals surface area contributed by atoms with Crippen LogP contribution in [-0.2, 0) is 16.0 Å². The molecular formula is C34H45N3O5. The Morgan fingerprint density at radius 2 is 1.90 bits per heavy atom. The Labute approximate surface area is 249 Å². The molecule has 2 bridgehead atoms. The molecule has 0 aromatic heterocycles. The van der Waals surface area contributed by atoms with E-state index < -0.39 is 12.1 Å². The molecule has 8 heteroatoms. The van der Waals surface area contributed by atoms with E-state index in [1.165, 1.54) is 19.3 Å². The summed E-state index contributed by atoms with van der Waals surface area (Å²) < 4.78 is 5.92. The number of nitrogens with one attached hydrogen (secondary N) is 2. The monoisotopic (exact) mass is 575 g/mol. The number of carbonyl (C=O) groups excluding carboxylic acids is 3. The van der Waals surface area contributed by atoms with E-state index in [2.05, 4.69) is 10.6 Å². The number of carbonyl (C=O) groups is 3. The maximum Gasteiger partial charge on any atom is 0.251 e. The maximum atomic E-state index is 13.6. The molecule has 3 N–H and O–H groups in total. The molecule has 1 saturated heterocycles. The van der Waals surface area contributed by atoms with Crippen LogP contribution in [0.15, 0.2) is 48.5 Å². The molecule has 3 aliphatic rings. The van der Waals surface area contributed by atoms with Crippen LogP contribution in [-0.4, -0.2) is 53.7 Å². The fraction of sp³-hybridized carbons (Fsp3) is 0.559. The van der Waals surface area contributed by atoms with E-state index in [-0.39, 0.29) is 23.8 Å². The highest BCUT2D eigenvalue weighted by Crippen LogP contribution is 2.44. The fourth-order valence-electron chi connectivity index (χ4n) is 6.91. The SMILES string of the molecule is CC(C)Oc1cc(C(=O)N[C@@H](Cc2ccccc2)[C@@H](O)CCCC(=O)NC2C[C@@H]3CCC2C3)cc(N2CCCC2=O)c1. The van der Waals surface area contributed by atoms with Gasteiger partial charge in [0.15, 0.2) is 0 Å². The number of aliphatic hydroxyl groups excluding tert-OH is 1. The lowest BCUT2D eigenvalue weighted by molar-refractivity contribution is -0.122. The van der Waals surface area contributed by atoms with E-state index >= 15 is 0 Å². The van der Waals surface area contributed by atoms with Crippen molar-refractivity contribution in [2.75, 3.05) is 11.4 Å². The summed E-state index contributed by atoms with van der Waals surface area (Å²) in [7, 11) is 0. The number of nitrogens with zero attached hydrogens (tertiary/aromatic N) is 1. The summed E-state index contributed by atoms with van der Waals surface area (Å²) in [6.45, 7) is 4.44. The number of rotatable bonds is 13. The minimum Gasteiger partial charge on any atom is -0.491 e. The zero-order valence-electron chi connectivity index (χ0n) is 24.9. The van der Waals surface area contributed by atoms with Crippen LogP contribution in [0.1, 0.15) is 87.6 Å². The Kier molecular flexibility index (Phi) is 9.83. The Balaban J connectivity index is 1.25. The summed E-state index contributed by atoms with van der Waals surface area (Å²) >= 11 is 0. The minimum atomic E-state index is -0.834. The molecule has 2 unspecified atom stereocenters. The molecule has 2 aliphatic carbocycles. The molecule has 42 heavy (non-hydrogen) atoms. The van der Waals surface area contributed by atoms with Gasteiger partial charge >= 0.3 is 0 Å². The number of hydrogen-bond donors (Lipinski definition) is 3. The zero-order chi connectivity index (χ0) is 29.6. The number of hydrogen-bond acceptors (Lipinski definition) is 5. The molecule has 0 radical (unpaired) electrons. The molecule has 1 heterocycles. The lowest BCUT2D eigenvalue weighted by Gasteiger charge is -2.26. The first-order valence-electron chi connectivity index (χ1n) is 15.7. The zero-order valence-corrected chi connectivity index (χ0v) is 24.9. The van der Waals surface area contributed by atoms with Gasteiger partial charge in [0.1, 0.15) is 5.75 Å². The third-order valence-corrected chi connectivity index (χ3v) is 8.98. The van der Waals surface area contributed by atoms with E-state index in [1.54, 1.807) is 23.1 Å². The van der Waals surface area contributed by atoms with Crippen LogP contribution in [0.25, 0.3) is 0 Å². The van der Waals surface area contributed by atoms with Crippen LogP contribution in [0.3, 0.4) is 0 Å². The molecule has 2 aromatic rings. The molecule has 2 aromatic carbocycles. The number of amides is 3. The third kappa shape index (κ3) is 7.71. The smallest absolute Gasteiger partial charge is 0.251 e. The topological polar surface area (TPSA) is 108 Å². The second-order valence-electron chi connectivity index (χ2n) is 12.6. The Morgan fingerprint density at radius 3 is 2.57 bits per heavy atom. The Bertz CT molecular complexity index is 1250. The number of ether oxygens (including phenoxy) is 1. The first-order chi connectivity index (χ1) is 20.2. The van der Waals surface area contributed by atoms with Gasteiger partial charge < -0.3 is 25.4 Å². The standard InChI is InChI=1S/C34H45N3O5/c1-22(2)42-28-20-26(19-27(21-28)37-15-7-12-33(37)40)34(41)36-30(17-23-8-4-3-5-9-23)31(38)10-6-11-32(39)35-29-18-24-13-14-25(29)16-24/h3-5,8-9,19-22,24-25,29-31,38H,6-7,10-18H2,1-2H3,(H,35,39)(H,36,41)/t24-,25?,29?,30+,31+/m1/s1. The normalized spacial score (nSPS) is 22.8. The third-order valence-electron chi connectivity index (χ3n) is 8.98. The maximum absolute atomic E-state index is 13.6. The van der Waals surface area contributed by atoms with E-state index in [4.69, 9.17) is 4.74 Å². The summed E-state index contributed by atoms with van der Waals surface area (Å²) in [4.78, 5) is 40.4. The van der Waals surface area contributed by atoms with Gasteiger partial charge in [0.2, 0.25) is 11.8 Å². The summed E-state index contributed by atoms with van der Waals surface area (Å²) in [5.74, 6) is 1.66. The average Bonchev–Trinajstić information content (AvgIpc) is 3.70. The van der Waals surface area contributed by atoms with Gasteiger partial charge in [-0.25, -0.2) is 0 Å². The van der Waals surface area contributed by atoms with Crippen LogP contribution in [0, 0.1) is 11.8 Å². The van der Waals surface area contributed by atoms with Crippen molar-refractivity contribution in [2.45, 2.75) is 102 Å². The predicted octanol–water partition coefficient (Wildman–Crippen LogP) is 4.78. The first-order valence-corrected chi connectivity index (χ1v) is 15.7. The highest BCUT2D eigenvalue weighted by molar-refractivity contribution is 5.99. The molecule has 5 rings (SSSR count). The largest absolute Gasteiger partial charge is 0.491 e. The quantitative estimate of drug-likeness (QED) is 0.319. The molecular weight excluding hydrogens is 530 g/mol. The fourth-order valence-corrected chi connectivity index (χ4v) is 6.91. The molecule has 3 amide bonds. The first kappa shape index (κ1) is 30.1. The van der Waals surface area contributed by atoms with E-state index in [0.29, 0.717) is 67.6 Å². The number of fused-ring (bicyclic) bond motifs is 2. The van der Waals surface area contributed by atoms with Crippen molar-refractivity contribution >= 4 is 23.4 Å². The second kappa shape index (κ2) is 13.7. The molecule has 1 aliphatic heterocycles.